The molecule has 1 saturated carbocycles. The van der Waals surface area contributed by atoms with Crippen LogP contribution in [0.15, 0.2) is 0 Å². The van der Waals surface area contributed by atoms with Crippen LogP contribution in [0, 0.1) is 5.41 Å². The number of piperidine rings is 1. The van der Waals surface area contributed by atoms with Crippen LogP contribution in [0.4, 0.5) is 0 Å². The molecule has 0 aromatic carbocycles. The molecule has 0 radical (unpaired) electrons. The third-order valence-electron chi connectivity index (χ3n) is 4.77. The molecular weight excluding hydrogens is 226 g/mol. The van der Waals surface area contributed by atoms with Crippen molar-refractivity contribution in [3.63, 3.8) is 0 Å². The fourth-order valence-corrected chi connectivity index (χ4v) is 2.84. The number of nitrogens with two attached hydrogens (primary N) is 1. The third-order valence-corrected chi connectivity index (χ3v) is 4.77. The Bertz CT molecular complexity index is 304. The molecule has 0 atom stereocenters. The van der Waals surface area contributed by atoms with E-state index in [-0.39, 0.29) is 16.9 Å². The molecule has 1 amide bonds. The highest BCUT2D eigenvalue weighted by Gasteiger charge is 2.35. The smallest absolute Gasteiger partial charge is 0.221 e. The van der Waals surface area contributed by atoms with Crippen LogP contribution >= 0.6 is 0 Å². The molecule has 0 bridgehead atoms. The number of amides is 1. The predicted molar refractivity (Wildman–Crippen MR) is 73.2 cm³/mol. The van der Waals surface area contributed by atoms with Gasteiger partial charge in [-0.1, -0.05) is 6.92 Å². The highest BCUT2D eigenvalue weighted by molar-refractivity contribution is 5.77. The Labute approximate surface area is 110 Å². The van der Waals surface area contributed by atoms with Crippen molar-refractivity contribution in [1.29, 1.82) is 0 Å². The Morgan fingerprint density at radius 2 is 1.89 bits per heavy atom. The van der Waals surface area contributed by atoms with Crippen molar-refractivity contribution < 1.29 is 4.79 Å². The van der Waals surface area contributed by atoms with E-state index < -0.39 is 0 Å². The fourth-order valence-electron chi connectivity index (χ4n) is 2.84. The lowest BCUT2D eigenvalue weighted by atomic mass is 9.75. The van der Waals surface area contributed by atoms with Gasteiger partial charge in [-0.25, -0.2) is 0 Å². The Morgan fingerprint density at radius 3 is 2.39 bits per heavy atom. The van der Waals surface area contributed by atoms with Gasteiger partial charge in [0.15, 0.2) is 0 Å². The van der Waals surface area contributed by atoms with Crippen molar-refractivity contribution in [3.8, 4) is 0 Å². The maximum absolute atomic E-state index is 11.9. The van der Waals surface area contributed by atoms with Crippen LogP contribution in [0.25, 0.3) is 0 Å². The number of rotatable bonds is 4. The average Bonchev–Trinajstić information content (AvgIpc) is 2.29. The molecule has 2 rings (SSSR count). The maximum atomic E-state index is 11.9. The van der Waals surface area contributed by atoms with Gasteiger partial charge in [-0.2, -0.15) is 0 Å². The second kappa shape index (κ2) is 5.17. The minimum Gasteiger partial charge on any atom is -0.355 e. The Hall–Kier alpha value is -0.610. The number of hydrogen-bond acceptors (Lipinski definition) is 3. The van der Waals surface area contributed by atoms with Crippen LogP contribution in [0.1, 0.15) is 45.4 Å². The van der Waals surface area contributed by atoms with Crippen molar-refractivity contribution in [2.75, 3.05) is 26.7 Å². The summed E-state index contributed by atoms with van der Waals surface area (Å²) in [5.74, 6) is 0.136. The van der Waals surface area contributed by atoms with Crippen LogP contribution in [0.5, 0.6) is 0 Å². The number of carbonyl (C=O) groups excluding carboxylic acids is 1. The highest BCUT2D eigenvalue weighted by atomic mass is 16.1. The maximum Gasteiger partial charge on any atom is 0.221 e. The summed E-state index contributed by atoms with van der Waals surface area (Å²) in [5.41, 5.74) is 6.17. The quantitative estimate of drug-likeness (QED) is 0.789. The number of nitrogens with zero attached hydrogens (tertiary/aromatic N) is 1. The second-order valence-electron chi connectivity index (χ2n) is 6.78. The third kappa shape index (κ3) is 3.45. The Balaban J connectivity index is 1.72. The first-order chi connectivity index (χ1) is 8.41. The van der Waals surface area contributed by atoms with E-state index in [1.807, 2.05) is 0 Å². The molecule has 0 spiro atoms. The minimum absolute atomic E-state index is 0.136. The second-order valence-corrected chi connectivity index (χ2v) is 6.78. The van der Waals surface area contributed by atoms with Gasteiger partial charge < -0.3 is 16.0 Å². The summed E-state index contributed by atoms with van der Waals surface area (Å²) in [6.07, 6.45) is 6.01. The summed E-state index contributed by atoms with van der Waals surface area (Å²) >= 11 is 0. The average molecular weight is 253 g/mol. The van der Waals surface area contributed by atoms with Crippen molar-refractivity contribution in [2.45, 2.75) is 51.0 Å². The van der Waals surface area contributed by atoms with Gasteiger partial charge in [0.1, 0.15) is 0 Å². The van der Waals surface area contributed by atoms with Crippen molar-refractivity contribution in [3.05, 3.63) is 0 Å². The molecule has 0 aromatic rings. The number of hydrogen-bond donors (Lipinski definition) is 2. The van der Waals surface area contributed by atoms with Crippen molar-refractivity contribution in [1.82, 2.24) is 10.2 Å². The van der Waals surface area contributed by atoms with Gasteiger partial charge in [0.25, 0.3) is 0 Å². The minimum atomic E-state index is -0.197. The summed E-state index contributed by atoms with van der Waals surface area (Å²) in [7, 11) is 2.16. The van der Waals surface area contributed by atoms with Gasteiger partial charge in [0.05, 0.1) is 0 Å². The molecule has 3 N–H and O–H groups in total. The lowest BCUT2D eigenvalue weighted by Crippen LogP contribution is -2.51. The molecular formula is C14H27N3O. The van der Waals surface area contributed by atoms with Gasteiger partial charge in [-0.15, -0.1) is 0 Å². The monoisotopic (exact) mass is 253 g/mol. The van der Waals surface area contributed by atoms with E-state index in [2.05, 4.69) is 24.2 Å². The van der Waals surface area contributed by atoms with Gasteiger partial charge >= 0.3 is 0 Å². The molecule has 1 aliphatic heterocycles. The topological polar surface area (TPSA) is 58.4 Å². The summed E-state index contributed by atoms with van der Waals surface area (Å²) in [4.78, 5) is 14.3. The SMILES string of the molecule is CN1CCC(C)(CNC(=O)CC2(N)CCC2)CC1. The van der Waals surface area contributed by atoms with Crippen molar-refractivity contribution in [2.24, 2.45) is 11.1 Å². The Morgan fingerprint density at radius 1 is 1.28 bits per heavy atom. The molecule has 104 valence electrons. The molecule has 0 unspecified atom stereocenters. The van der Waals surface area contributed by atoms with Crippen LogP contribution in [-0.2, 0) is 4.79 Å². The molecule has 2 aliphatic rings. The lowest BCUT2D eigenvalue weighted by Gasteiger charge is -2.39. The summed E-state index contributed by atoms with van der Waals surface area (Å²) in [6, 6.07) is 0. The molecule has 4 nitrogen and oxygen atoms in total. The summed E-state index contributed by atoms with van der Waals surface area (Å²) in [5, 5.41) is 3.09. The number of likely N-dealkylation sites (tertiary alicyclic amines) is 1. The molecule has 1 heterocycles. The van der Waals surface area contributed by atoms with Gasteiger partial charge in [-0.05, 0) is 57.7 Å². The zero-order valence-electron chi connectivity index (χ0n) is 11.8. The van der Waals surface area contributed by atoms with E-state index in [1.54, 1.807) is 0 Å². The number of nitrogens with one attached hydrogen (secondary N) is 1. The highest BCUT2D eigenvalue weighted by Crippen LogP contribution is 2.32. The molecule has 4 heteroatoms. The van der Waals surface area contributed by atoms with Crippen LogP contribution in [-0.4, -0.2) is 43.0 Å². The van der Waals surface area contributed by atoms with Crippen molar-refractivity contribution >= 4 is 5.91 Å². The first-order valence-corrected chi connectivity index (χ1v) is 7.15. The normalized spacial score (nSPS) is 26.4. The molecule has 18 heavy (non-hydrogen) atoms. The first-order valence-electron chi connectivity index (χ1n) is 7.15. The van der Waals surface area contributed by atoms with E-state index in [4.69, 9.17) is 5.73 Å². The summed E-state index contributed by atoms with van der Waals surface area (Å²) < 4.78 is 0. The van der Waals surface area contributed by atoms with Gasteiger partial charge in [0.2, 0.25) is 5.91 Å². The van der Waals surface area contributed by atoms with E-state index in [0.717, 1.165) is 45.3 Å². The molecule has 1 saturated heterocycles. The van der Waals surface area contributed by atoms with Gasteiger partial charge in [0, 0.05) is 18.5 Å². The standard InChI is InChI=1S/C14H27N3O/c1-13(6-8-17(2)9-7-13)11-16-12(18)10-14(15)4-3-5-14/h3-11,15H2,1-2H3,(H,16,18). The molecule has 2 fully saturated rings. The molecule has 1 aliphatic carbocycles. The number of carbonyl (C=O) groups is 1. The lowest BCUT2D eigenvalue weighted by molar-refractivity contribution is -0.123. The zero-order valence-corrected chi connectivity index (χ0v) is 11.8. The van der Waals surface area contributed by atoms with Crippen LogP contribution in [0.2, 0.25) is 0 Å². The van der Waals surface area contributed by atoms with E-state index in [0.29, 0.717) is 6.42 Å². The summed E-state index contributed by atoms with van der Waals surface area (Å²) in [6.45, 7) is 5.35. The molecule has 0 aromatic heterocycles. The van der Waals surface area contributed by atoms with Crippen LogP contribution in [0.3, 0.4) is 0 Å². The van der Waals surface area contributed by atoms with E-state index in [9.17, 15) is 4.79 Å². The zero-order chi connectivity index (χ0) is 13.2. The largest absolute Gasteiger partial charge is 0.355 e. The first kappa shape index (κ1) is 13.8. The van der Waals surface area contributed by atoms with E-state index >= 15 is 0 Å². The Kier molecular flexibility index (Phi) is 3.97. The predicted octanol–water partition coefficient (Wildman–Crippen LogP) is 1.11. The fraction of sp³-hybridized carbons (Fsp3) is 0.929. The van der Waals surface area contributed by atoms with Gasteiger partial charge in [-0.3, -0.25) is 4.79 Å². The van der Waals surface area contributed by atoms with Crippen LogP contribution < -0.4 is 11.1 Å². The van der Waals surface area contributed by atoms with E-state index in [1.165, 1.54) is 6.42 Å².